The molecule has 6 nitrogen and oxygen atoms in total. The highest BCUT2D eigenvalue weighted by Gasteiger charge is 2.09. The molecule has 0 spiro atoms. The summed E-state index contributed by atoms with van der Waals surface area (Å²) < 4.78 is 9.77. The Bertz CT molecular complexity index is 618. The number of carbonyl (C=O) groups is 2. The minimum atomic E-state index is -0.555. The van der Waals surface area contributed by atoms with Crippen LogP contribution in [0.3, 0.4) is 0 Å². The number of hydrogen-bond donors (Lipinski definition) is 1. The Morgan fingerprint density at radius 2 is 2.21 bits per heavy atom. The average molecular weight is 262 g/mol. The number of esters is 1. The van der Waals surface area contributed by atoms with Gasteiger partial charge in [0, 0.05) is 13.5 Å². The van der Waals surface area contributed by atoms with E-state index >= 15 is 0 Å². The van der Waals surface area contributed by atoms with Crippen LogP contribution in [0.4, 0.5) is 0 Å². The van der Waals surface area contributed by atoms with E-state index in [2.05, 4.69) is 15.0 Å². The lowest BCUT2D eigenvalue weighted by molar-refractivity contribution is -0.143. The van der Waals surface area contributed by atoms with Crippen LogP contribution in [0.5, 0.6) is 0 Å². The average Bonchev–Trinajstić information content (AvgIpc) is 2.75. The number of fused-ring (bicyclic) bond motifs is 1. The number of carbonyl (C=O) groups excluding carboxylic acids is 2. The van der Waals surface area contributed by atoms with Gasteiger partial charge < -0.3 is 14.5 Å². The summed E-state index contributed by atoms with van der Waals surface area (Å²) in [5.74, 6) is -0.328. The molecule has 19 heavy (non-hydrogen) atoms. The lowest BCUT2D eigenvalue weighted by Crippen LogP contribution is -2.25. The number of nitrogens with one attached hydrogen (secondary N) is 1. The molecule has 0 bridgehead atoms. The Labute approximate surface area is 109 Å². The third kappa shape index (κ3) is 3.31. The second-order valence-corrected chi connectivity index (χ2v) is 4.06. The van der Waals surface area contributed by atoms with Gasteiger partial charge in [-0.3, -0.25) is 9.59 Å². The molecule has 0 fully saturated rings. The normalized spacial score (nSPS) is 10.4. The maximum atomic E-state index is 11.4. The topological polar surface area (TPSA) is 81.4 Å². The van der Waals surface area contributed by atoms with Crippen molar-refractivity contribution in [3.63, 3.8) is 0 Å². The van der Waals surface area contributed by atoms with Gasteiger partial charge in [-0.15, -0.1) is 0 Å². The monoisotopic (exact) mass is 262 g/mol. The molecule has 0 aliphatic heterocycles. The Balaban J connectivity index is 1.97. The first kappa shape index (κ1) is 13.1. The van der Waals surface area contributed by atoms with Crippen LogP contribution in [0.2, 0.25) is 0 Å². The van der Waals surface area contributed by atoms with E-state index in [0.29, 0.717) is 18.0 Å². The number of benzene rings is 1. The van der Waals surface area contributed by atoms with Crippen molar-refractivity contribution in [2.24, 2.45) is 0 Å². The van der Waals surface area contributed by atoms with Gasteiger partial charge in [0.05, 0.1) is 7.11 Å². The first-order chi connectivity index (χ1) is 9.08. The fourth-order valence-electron chi connectivity index (χ4n) is 1.66. The molecule has 6 heteroatoms. The summed E-state index contributed by atoms with van der Waals surface area (Å²) in [6.07, 6.45) is -0.276. The van der Waals surface area contributed by atoms with E-state index in [1.807, 2.05) is 12.1 Å². The van der Waals surface area contributed by atoms with Crippen LogP contribution in [0.15, 0.2) is 22.6 Å². The van der Waals surface area contributed by atoms with Crippen LogP contribution in [-0.2, 0) is 20.9 Å². The summed E-state index contributed by atoms with van der Waals surface area (Å²) in [7, 11) is 1.25. The molecule has 0 unspecified atom stereocenters. The summed E-state index contributed by atoms with van der Waals surface area (Å²) in [4.78, 5) is 26.5. The van der Waals surface area contributed by atoms with Crippen molar-refractivity contribution >= 4 is 23.0 Å². The molecular weight excluding hydrogens is 248 g/mol. The van der Waals surface area contributed by atoms with Crippen LogP contribution in [-0.4, -0.2) is 24.0 Å². The third-order valence-electron chi connectivity index (χ3n) is 2.58. The second kappa shape index (κ2) is 5.51. The van der Waals surface area contributed by atoms with Gasteiger partial charge in [-0.1, -0.05) is 6.07 Å². The molecule has 100 valence electrons. The number of methoxy groups -OCH3 is 1. The number of ether oxygens (including phenoxy) is 1. The minimum Gasteiger partial charge on any atom is -0.469 e. The van der Waals surface area contributed by atoms with E-state index in [-0.39, 0.29) is 12.3 Å². The van der Waals surface area contributed by atoms with Crippen molar-refractivity contribution in [3.05, 3.63) is 29.7 Å². The van der Waals surface area contributed by atoms with Crippen LogP contribution < -0.4 is 5.32 Å². The molecule has 0 radical (unpaired) electrons. The molecule has 2 rings (SSSR count). The zero-order valence-electron chi connectivity index (χ0n) is 10.7. The van der Waals surface area contributed by atoms with Crippen molar-refractivity contribution in [1.29, 1.82) is 0 Å². The first-order valence-corrected chi connectivity index (χ1v) is 5.78. The van der Waals surface area contributed by atoms with Gasteiger partial charge in [-0.05, 0) is 17.7 Å². The molecule has 0 saturated heterocycles. The zero-order valence-corrected chi connectivity index (χ0v) is 10.7. The van der Waals surface area contributed by atoms with Crippen molar-refractivity contribution < 1.29 is 18.7 Å². The highest BCUT2D eigenvalue weighted by Crippen LogP contribution is 2.16. The maximum Gasteiger partial charge on any atom is 0.315 e. The molecule has 0 atom stereocenters. The van der Waals surface area contributed by atoms with Crippen molar-refractivity contribution in [2.45, 2.75) is 19.9 Å². The molecule has 0 aliphatic rings. The first-order valence-electron chi connectivity index (χ1n) is 5.78. The van der Waals surface area contributed by atoms with Crippen molar-refractivity contribution in [1.82, 2.24) is 10.3 Å². The van der Waals surface area contributed by atoms with Gasteiger partial charge in [-0.25, -0.2) is 4.98 Å². The molecule has 1 aromatic heterocycles. The van der Waals surface area contributed by atoms with Gasteiger partial charge >= 0.3 is 5.97 Å². The molecule has 0 aliphatic carbocycles. The lowest BCUT2D eigenvalue weighted by Gasteiger charge is -2.04. The van der Waals surface area contributed by atoms with Gasteiger partial charge in [0.1, 0.15) is 11.9 Å². The fourth-order valence-corrected chi connectivity index (χ4v) is 1.66. The third-order valence-corrected chi connectivity index (χ3v) is 2.58. The number of rotatable bonds is 4. The van der Waals surface area contributed by atoms with E-state index < -0.39 is 5.97 Å². The predicted octanol–water partition coefficient (Wildman–Crippen LogP) is 1.32. The number of amides is 1. The fraction of sp³-hybridized carbons (Fsp3) is 0.308. The molecule has 0 saturated carbocycles. The summed E-state index contributed by atoms with van der Waals surface area (Å²) >= 11 is 0. The summed E-state index contributed by atoms with van der Waals surface area (Å²) in [5.41, 5.74) is 2.35. The number of oxazole rings is 1. The molecule has 1 heterocycles. The Kier molecular flexibility index (Phi) is 3.79. The summed E-state index contributed by atoms with van der Waals surface area (Å²) in [6.45, 7) is 2.11. The van der Waals surface area contributed by atoms with E-state index in [1.165, 1.54) is 7.11 Å². The zero-order chi connectivity index (χ0) is 13.8. The van der Waals surface area contributed by atoms with Crippen LogP contribution in [0.25, 0.3) is 11.1 Å². The smallest absolute Gasteiger partial charge is 0.315 e. The largest absolute Gasteiger partial charge is 0.469 e. The number of aromatic nitrogens is 1. The standard InChI is InChI=1S/C13H14N2O4/c1-8-15-10-5-9(3-4-11(10)19-8)7-14-12(16)6-13(17)18-2/h3-5H,6-7H2,1-2H3,(H,14,16). The predicted molar refractivity (Wildman–Crippen MR) is 67.2 cm³/mol. The molecule has 1 N–H and O–H groups in total. The van der Waals surface area contributed by atoms with Crippen LogP contribution in [0.1, 0.15) is 17.9 Å². The van der Waals surface area contributed by atoms with Crippen molar-refractivity contribution in [3.8, 4) is 0 Å². The highest BCUT2D eigenvalue weighted by atomic mass is 16.5. The van der Waals surface area contributed by atoms with Crippen LogP contribution >= 0.6 is 0 Å². The number of aryl methyl sites for hydroxylation is 1. The van der Waals surface area contributed by atoms with Gasteiger partial charge in [0.2, 0.25) is 5.91 Å². The van der Waals surface area contributed by atoms with Crippen LogP contribution in [0, 0.1) is 6.92 Å². The van der Waals surface area contributed by atoms with E-state index in [4.69, 9.17) is 4.42 Å². The molecular formula is C13H14N2O4. The van der Waals surface area contributed by atoms with E-state index in [9.17, 15) is 9.59 Å². The molecule has 1 aromatic carbocycles. The quantitative estimate of drug-likeness (QED) is 0.663. The minimum absolute atomic E-state index is 0.276. The maximum absolute atomic E-state index is 11.4. The van der Waals surface area contributed by atoms with Gasteiger partial charge in [0.25, 0.3) is 0 Å². The summed E-state index contributed by atoms with van der Waals surface area (Å²) in [5, 5.41) is 2.64. The van der Waals surface area contributed by atoms with E-state index in [0.717, 1.165) is 11.1 Å². The highest BCUT2D eigenvalue weighted by molar-refractivity contribution is 5.94. The summed E-state index contributed by atoms with van der Waals surface area (Å²) in [6, 6.07) is 5.48. The van der Waals surface area contributed by atoms with Crippen molar-refractivity contribution in [2.75, 3.05) is 7.11 Å². The number of nitrogens with zero attached hydrogens (tertiary/aromatic N) is 1. The Morgan fingerprint density at radius 1 is 1.42 bits per heavy atom. The number of hydrogen-bond acceptors (Lipinski definition) is 5. The Morgan fingerprint density at radius 3 is 2.95 bits per heavy atom. The Hall–Kier alpha value is -2.37. The van der Waals surface area contributed by atoms with Gasteiger partial charge in [-0.2, -0.15) is 0 Å². The van der Waals surface area contributed by atoms with E-state index in [1.54, 1.807) is 13.0 Å². The lowest BCUT2D eigenvalue weighted by atomic mass is 10.2. The molecule has 1 amide bonds. The second-order valence-electron chi connectivity index (χ2n) is 4.06. The van der Waals surface area contributed by atoms with Gasteiger partial charge in [0.15, 0.2) is 11.5 Å². The molecule has 2 aromatic rings. The SMILES string of the molecule is COC(=O)CC(=O)NCc1ccc2oc(C)nc2c1.